The molecule has 0 aromatic heterocycles. The maximum Gasteiger partial charge on any atom is 0.335 e. The summed E-state index contributed by atoms with van der Waals surface area (Å²) in [5.74, 6) is 5.16. The fourth-order valence-corrected chi connectivity index (χ4v) is 6.19. The van der Waals surface area contributed by atoms with Crippen molar-refractivity contribution in [1.29, 1.82) is 0 Å². The van der Waals surface area contributed by atoms with Gasteiger partial charge in [0.1, 0.15) is 0 Å². The summed E-state index contributed by atoms with van der Waals surface area (Å²) in [5, 5.41) is 0. The van der Waals surface area contributed by atoms with Crippen molar-refractivity contribution >= 4 is 5.97 Å². The largest absolute Gasteiger partial charge is 0.433 e. The highest BCUT2D eigenvalue weighted by Gasteiger charge is 2.62. The minimum Gasteiger partial charge on any atom is -0.433 e. The molecule has 116 valence electrons. The predicted molar refractivity (Wildman–Crippen MR) is 79.3 cm³/mol. The molecule has 3 heteroatoms. The van der Waals surface area contributed by atoms with E-state index in [0.717, 1.165) is 35.5 Å². The van der Waals surface area contributed by atoms with Gasteiger partial charge in [-0.15, -0.1) is 0 Å². The van der Waals surface area contributed by atoms with E-state index in [2.05, 4.69) is 6.58 Å². The number of hydrogen-bond acceptors (Lipinski definition) is 3. The highest BCUT2D eigenvalue weighted by atomic mass is 16.7. The highest BCUT2D eigenvalue weighted by molar-refractivity contribution is 5.86. The minimum absolute atomic E-state index is 0.309. The number of carbonyl (C=O) groups excluding carboxylic acids is 1. The van der Waals surface area contributed by atoms with Crippen molar-refractivity contribution in [1.82, 2.24) is 0 Å². The third-order valence-corrected chi connectivity index (χ3v) is 6.66. The lowest BCUT2D eigenvalue weighted by molar-refractivity contribution is -0.189. The first-order valence-corrected chi connectivity index (χ1v) is 8.56. The van der Waals surface area contributed by atoms with E-state index < -0.39 is 6.29 Å². The summed E-state index contributed by atoms with van der Waals surface area (Å²) >= 11 is 0. The van der Waals surface area contributed by atoms with Gasteiger partial charge in [-0.05, 0) is 81.5 Å². The highest BCUT2D eigenvalue weighted by Crippen LogP contribution is 2.67. The average molecular weight is 290 g/mol. The van der Waals surface area contributed by atoms with Gasteiger partial charge in [0.25, 0.3) is 0 Å². The van der Waals surface area contributed by atoms with E-state index in [1.54, 1.807) is 6.92 Å². The van der Waals surface area contributed by atoms with Crippen LogP contribution in [-0.4, -0.2) is 18.4 Å². The lowest BCUT2D eigenvalue weighted by atomic mass is 9.70. The molecule has 0 aromatic carbocycles. The zero-order valence-electron chi connectivity index (χ0n) is 13.1. The molecule has 8 atom stereocenters. The molecule has 0 saturated heterocycles. The van der Waals surface area contributed by atoms with Gasteiger partial charge in [-0.3, -0.25) is 0 Å². The van der Waals surface area contributed by atoms with Crippen LogP contribution in [0.3, 0.4) is 0 Å². The average Bonchev–Trinajstić information content (AvgIpc) is 3.16. The molecule has 4 aliphatic carbocycles. The summed E-state index contributed by atoms with van der Waals surface area (Å²) in [4.78, 5) is 11.6. The summed E-state index contributed by atoms with van der Waals surface area (Å²) in [6, 6.07) is 0. The predicted octanol–water partition coefficient (Wildman–Crippen LogP) is 3.54. The fraction of sp³-hybridized carbons (Fsp3) is 0.833. The number of carbonyl (C=O) groups is 1. The molecular formula is C18H26O3. The summed E-state index contributed by atoms with van der Waals surface area (Å²) in [6.45, 7) is 7.13. The molecule has 0 spiro atoms. The van der Waals surface area contributed by atoms with E-state index in [1.807, 2.05) is 6.92 Å². The van der Waals surface area contributed by atoms with Gasteiger partial charge in [0.15, 0.2) is 0 Å². The molecule has 0 aliphatic heterocycles. The van der Waals surface area contributed by atoms with E-state index in [9.17, 15) is 4.79 Å². The maximum absolute atomic E-state index is 11.6. The van der Waals surface area contributed by atoms with Crippen LogP contribution in [-0.2, 0) is 14.3 Å². The molecule has 4 bridgehead atoms. The van der Waals surface area contributed by atoms with Gasteiger partial charge in [-0.25, -0.2) is 4.79 Å². The Morgan fingerprint density at radius 3 is 2.52 bits per heavy atom. The molecular weight excluding hydrogens is 264 g/mol. The second-order valence-corrected chi connectivity index (χ2v) is 7.81. The molecule has 21 heavy (non-hydrogen) atoms. The number of ether oxygens (including phenoxy) is 2. The van der Waals surface area contributed by atoms with E-state index in [4.69, 9.17) is 9.47 Å². The van der Waals surface area contributed by atoms with Gasteiger partial charge >= 0.3 is 5.97 Å². The van der Waals surface area contributed by atoms with E-state index in [1.165, 1.54) is 32.1 Å². The Morgan fingerprint density at radius 1 is 1.10 bits per heavy atom. The third kappa shape index (κ3) is 2.08. The maximum atomic E-state index is 11.6. The first kappa shape index (κ1) is 13.8. The van der Waals surface area contributed by atoms with Crippen LogP contribution in [0.15, 0.2) is 12.2 Å². The SMILES string of the molecule is C=C(C)C(=O)OC(C)OC1CC2CC1C1C2C2CC[C@H]1C2. The van der Waals surface area contributed by atoms with Crippen LogP contribution in [0.1, 0.15) is 46.0 Å². The molecule has 3 nitrogen and oxygen atoms in total. The monoisotopic (exact) mass is 290 g/mol. The Kier molecular flexibility index (Phi) is 3.18. The number of fused-ring (bicyclic) bond motifs is 9. The van der Waals surface area contributed by atoms with Crippen molar-refractivity contribution < 1.29 is 14.3 Å². The zero-order chi connectivity index (χ0) is 14.7. The van der Waals surface area contributed by atoms with Gasteiger partial charge < -0.3 is 9.47 Å². The van der Waals surface area contributed by atoms with Crippen molar-refractivity contribution in [3.63, 3.8) is 0 Å². The van der Waals surface area contributed by atoms with E-state index in [-0.39, 0.29) is 5.97 Å². The lowest BCUT2D eigenvalue weighted by Gasteiger charge is -2.39. The Morgan fingerprint density at radius 2 is 1.81 bits per heavy atom. The Balaban J connectivity index is 1.38. The topological polar surface area (TPSA) is 35.5 Å². The smallest absolute Gasteiger partial charge is 0.335 e. The molecule has 4 aliphatic rings. The molecule has 0 aromatic rings. The second kappa shape index (κ2) is 4.84. The Hall–Kier alpha value is -0.830. The molecule has 0 N–H and O–H groups in total. The molecule has 4 fully saturated rings. The Labute approximate surface area is 127 Å². The molecule has 0 radical (unpaired) electrons. The summed E-state index contributed by atoms with van der Waals surface area (Å²) in [7, 11) is 0. The van der Waals surface area contributed by atoms with Crippen LogP contribution in [0.4, 0.5) is 0 Å². The van der Waals surface area contributed by atoms with Crippen LogP contribution in [0.2, 0.25) is 0 Å². The fourth-order valence-electron chi connectivity index (χ4n) is 6.19. The van der Waals surface area contributed by atoms with Crippen LogP contribution in [0.25, 0.3) is 0 Å². The first-order valence-electron chi connectivity index (χ1n) is 8.56. The quantitative estimate of drug-likeness (QED) is 0.344. The molecule has 4 rings (SSSR count). The number of esters is 1. The second-order valence-electron chi connectivity index (χ2n) is 7.81. The summed E-state index contributed by atoms with van der Waals surface area (Å²) in [5.41, 5.74) is 0.437. The first-order chi connectivity index (χ1) is 10.0. The van der Waals surface area contributed by atoms with Crippen molar-refractivity contribution in [2.24, 2.45) is 35.5 Å². The van der Waals surface area contributed by atoms with Gasteiger partial charge in [0.05, 0.1) is 6.10 Å². The normalized spacial score (nSPS) is 47.4. The molecule has 0 amide bonds. The van der Waals surface area contributed by atoms with Gasteiger partial charge in [-0.1, -0.05) is 6.58 Å². The number of rotatable bonds is 4. The Bertz CT molecular complexity index is 471. The third-order valence-electron chi connectivity index (χ3n) is 6.66. The van der Waals surface area contributed by atoms with E-state index in [0.29, 0.717) is 11.7 Å². The lowest BCUT2D eigenvalue weighted by Crippen LogP contribution is -2.38. The summed E-state index contributed by atoms with van der Waals surface area (Å²) in [6.07, 6.45) is 6.81. The van der Waals surface area contributed by atoms with Crippen molar-refractivity contribution in [3.8, 4) is 0 Å². The van der Waals surface area contributed by atoms with Crippen molar-refractivity contribution in [2.75, 3.05) is 0 Å². The van der Waals surface area contributed by atoms with Gasteiger partial charge in [0, 0.05) is 5.57 Å². The molecule has 0 heterocycles. The number of hydrogen-bond donors (Lipinski definition) is 0. The minimum atomic E-state index is -0.449. The van der Waals surface area contributed by atoms with E-state index >= 15 is 0 Å². The van der Waals surface area contributed by atoms with Gasteiger partial charge in [-0.2, -0.15) is 0 Å². The zero-order valence-corrected chi connectivity index (χ0v) is 13.1. The van der Waals surface area contributed by atoms with Crippen LogP contribution >= 0.6 is 0 Å². The molecule has 7 unspecified atom stereocenters. The van der Waals surface area contributed by atoms with Gasteiger partial charge in [0.2, 0.25) is 6.29 Å². The van der Waals surface area contributed by atoms with Crippen LogP contribution < -0.4 is 0 Å². The van der Waals surface area contributed by atoms with Crippen molar-refractivity contribution in [2.45, 2.75) is 58.3 Å². The van der Waals surface area contributed by atoms with Crippen LogP contribution in [0, 0.1) is 35.5 Å². The summed E-state index contributed by atoms with van der Waals surface area (Å²) < 4.78 is 11.4. The standard InChI is InChI=1S/C18H26O3/c1-9(2)18(19)21-10(3)20-15-8-13-7-14(15)17-12-5-4-11(6-12)16(13)17/h10-17H,1,4-8H2,2-3H3/t10?,11?,12-,13?,14?,15?,16?,17?/m0/s1. The molecule has 4 saturated carbocycles. The van der Waals surface area contributed by atoms with Crippen LogP contribution in [0.5, 0.6) is 0 Å². The van der Waals surface area contributed by atoms with Crippen molar-refractivity contribution in [3.05, 3.63) is 12.2 Å².